The number of rotatable bonds is 14. The van der Waals surface area contributed by atoms with Crippen LogP contribution in [0.15, 0.2) is 23.9 Å². The zero-order valence-electron chi connectivity index (χ0n) is 50.1. The molecule has 4 aliphatic heterocycles. The first kappa shape index (κ1) is 154. The molecule has 0 aliphatic carbocycles. The van der Waals surface area contributed by atoms with Crippen LogP contribution < -0.4 is 0 Å². The molecule has 6 N–H and O–H groups in total. The zero-order chi connectivity index (χ0) is 50.0. The molecule has 0 amide bonds. The number of nitrogens with two attached hydrogens (primary N) is 1. The number of hydrogen-bond donors (Lipinski definition) is 4. The molecule has 4 aliphatic rings. The molecule has 4 rings (SSSR count). The summed E-state index contributed by atoms with van der Waals surface area (Å²) in [5.41, 5.74) is 1.49. The van der Waals surface area contributed by atoms with Gasteiger partial charge in [-0.25, -0.2) is 10.4 Å². The second-order valence-electron chi connectivity index (χ2n) is 15.3. The van der Waals surface area contributed by atoms with Gasteiger partial charge in [0.2, 0.25) is 0 Å². The van der Waals surface area contributed by atoms with Gasteiger partial charge < -0.3 is 37.8 Å². The third kappa shape index (κ3) is 126. The molecule has 0 bridgehead atoms. The van der Waals surface area contributed by atoms with Crippen LogP contribution in [0.25, 0.3) is 27.4 Å². The standard InChI is InChI=1S/C10H18N2.C10H14N2.4C6H15P.Cd.H2NO3.2HNO3.H2N.7Re.8HSe/c2*1-5-11-6-2-9(1)10-3-7-12-8-4-10;4*1-4-7(5-2)6-3;;3*2-1(3)4;;;;;;;;;;;;;;;;/h9-10H,1-8H2;1-2,5,10H,3-4,6-8H2;4*4-6H2,1-3H3;;(H2,2,3,4);2*(H,2,3,4);1H2;;;;;;;;8*1H/q2*-2;;;;;;+1;;;-1;;;;;;;;;;;;;;;/p+4. The van der Waals surface area contributed by atoms with Gasteiger partial charge in [-0.2, -0.15) is 6.20 Å². The molecule has 0 aromatic rings. The van der Waals surface area contributed by atoms with Gasteiger partial charge in [-0.05, 0) is 133 Å². The molecule has 17 nitrogen and oxygen atoms in total. The second kappa shape index (κ2) is 125. The molecule has 81 heavy (non-hydrogen) atoms. The number of piperidine rings is 3. The molecule has 3 fully saturated rings. The molecule has 0 atom stereocenters. The molecular weight excluding hydrogens is 2960 g/mol. The van der Waals surface area contributed by atoms with Crippen LogP contribution >= 0.6 is 31.7 Å². The predicted molar refractivity (Wildman–Crippen MR) is 350 cm³/mol. The van der Waals surface area contributed by atoms with E-state index in [0.717, 1.165) is 63.6 Å². The Morgan fingerprint density at radius 1 is 0.432 bits per heavy atom. The SMILES string of the molecule is C1=CC(C2CC[N-]CC2)=CC[N-]1.C1CC(C2CC[N-]CC2)CC[N-]1.CC[PH+](CC)CC.CC[PH+](CC)CC.CC[PH+](CC)CC.CC[PH+](CC)CC.O=[N+](O)O.O=[N+]([O-])O.O=[N+]([O-])O.[Cd].[NH2-].[Re].[Re].[Re].[Re].[Re].[Re].[Re].[SeH].[SeH].[SeH].[SeH].[SeH].[SeH].[SeH].[SeH]. The van der Waals surface area contributed by atoms with Gasteiger partial charge in [0, 0.05) is 170 Å². The minimum absolute atomic E-state index is 0. The first-order valence-electron chi connectivity index (χ1n) is 24.3. The van der Waals surface area contributed by atoms with Crippen LogP contribution in [0.1, 0.15) is 122 Å². The predicted octanol–water partition coefficient (Wildman–Crippen LogP) is 8.55. The van der Waals surface area contributed by atoms with Crippen molar-refractivity contribution in [2.45, 2.75) is 122 Å². The Labute approximate surface area is 699 Å². The van der Waals surface area contributed by atoms with E-state index < -0.39 is 15.3 Å². The summed E-state index contributed by atoms with van der Waals surface area (Å²) in [6, 6.07) is 0. The number of allylic oxidation sites excluding steroid dienone is 2. The Morgan fingerprint density at radius 3 is 0.741 bits per heavy atom. The fraction of sp³-hybridized carbons (Fsp3) is 0.909. The van der Waals surface area contributed by atoms with E-state index in [9.17, 15) is 0 Å². The normalized spacial score (nSPS) is 12.4. The van der Waals surface area contributed by atoms with Crippen LogP contribution in [0, 0.1) is 42.9 Å². The Balaban J connectivity index is -0.0000000241. The van der Waals surface area contributed by atoms with Crippen LogP contribution in [-0.4, -0.2) is 292 Å². The molecule has 3 saturated heterocycles. The zero-order valence-corrected chi connectivity index (χ0v) is 92.2. The third-order valence-electron chi connectivity index (χ3n) is 11.8. The second-order valence-corrected chi connectivity index (χ2v) is 29.8. The van der Waals surface area contributed by atoms with E-state index in [2.05, 4.69) is 117 Å². The summed E-state index contributed by atoms with van der Waals surface area (Å²) in [7, 11) is 0.549. The maximum absolute atomic E-state index is 8.47. The molecule has 15 radical (unpaired) electrons. The van der Waals surface area contributed by atoms with Gasteiger partial charge in [0.05, 0.1) is 73.9 Å². The molecule has 37 heteroatoms. The summed E-state index contributed by atoms with van der Waals surface area (Å²) in [6.45, 7) is 35.1. The summed E-state index contributed by atoms with van der Waals surface area (Å²) in [5.74, 6) is 2.73. The van der Waals surface area contributed by atoms with Crippen LogP contribution in [0.2, 0.25) is 0 Å². The first-order valence-corrected chi connectivity index (χ1v) is 32.8. The summed E-state index contributed by atoms with van der Waals surface area (Å²) < 4.78 is 0. The molecular formula is C44H110CdN8O9P4Re7Se8. The molecule has 0 saturated carbocycles. The molecule has 0 aromatic heterocycles. The van der Waals surface area contributed by atoms with Gasteiger partial charge in [-0.3, -0.25) is 0 Å². The van der Waals surface area contributed by atoms with Crippen molar-refractivity contribution in [3.63, 3.8) is 0 Å². The average Bonchev–Trinajstić information content (AvgIpc) is 3.30. The van der Waals surface area contributed by atoms with E-state index in [4.69, 9.17) is 46.0 Å². The summed E-state index contributed by atoms with van der Waals surface area (Å²) in [4.78, 5) is 25.2. The first-order chi connectivity index (χ1) is 30.5. The van der Waals surface area contributed by atoms with Crippen molar-refractivity contribution in [3.8, 4) is 0 Å². The monoisotopic (exact) mass is 3080 g/mol. The van der Waals surface area contributed by atoms with E-state index in [1.807, 2.05) is 6.20 Å². The fourth-order valence-electron chi connectivity index (χ4n) is 7.30. The Bertz CT molecular complexity index is 1010. The Morgan fingerprint density at radius 2 is 0.605 bits per heavy atom. The van der Waals surface area contributed by atoms with Crippen molar-refractivity contribution in [3.05, 3.63) is 76.5 Å². The van der Waals surface area contributed by atoms with E-state index in [-0.39, 0.29) is 345 Å². The van der Waals surface area contributed by atoms with Crippen LogP contribution in [0.3, 0.4) is 0 Å². The van der Waals surface area contributed by atoms with Crippen molar-refractivity contribution in [1.29, 1.82) is 0 Å². The van der Waals surface area contributed by atoms with Crippen molar-refractivity contribution in [2.75, 3.05) is 120 Å². The molecule has 499 valence electrons. The summed E-state index contributed by atoms with van der Waals surface area (Å²) >= 11 is 0. The van der Waals surface area contributed by atoms with Gasteiger partial charge in [-0.15, -0.1) is 66.0 Å². The molecule has 0 spiro atoms. The summed E-state index contributed by atoms with van der Waals surface area (Å²) in [6.07, 6.45) is 31.7. The van der Waals surface area contributed by atoms with Gasteiger partial charge in [0.1, 0.15) is 4.91 Å². The van der Waals surface area contributed by atoms with Gasteiger partial charge in [-0.1, -0.05) is 56.3 Å². The van der Waals surface area contributed by atoms with Gasteiger partial charge in [0.25, 0.3) is 10.2 Å². The van der Waals surface area contributed by atoms with Crippen LogP contribution in [0.4, 0.5) is 0 Å². The summed E-state index contributed by atoms with van der Waals surface area (Å²) in [5, 5.41) is 57.1. The topological polar surface area (TPSA) is 277 Å². The molecule has 0 aromatic carbocycles. The fourth-order valence-corrected chi connectivity index (χ4v) is 13.3. The van der Waals surface area contributed by atoms with E-state index >= 15 is 0 Å². The van der Waals surface area contributed by atoms with E-state index in [1.165, 1.54) is 118 Å². The average molecular weight is 3070 g/mol. The Kier molecular flexibility index (Phi) is 237. The van der Waals surface area contributed by atoms with Crippen LogP contribution in [-0.2, 0) is 170 Å². The number of nitrogens with zero attached hydrogens (tertiary/aromatic N) is 7. The minimum atomic E-state index is -1.50. The molecule has 4 heterocycles. The Hall–Kier alpha value is 8.15. The van der Waals surface area contributed by atoms with Gasteiger partial charge in [0.15, 0.2) is 0 Å². The molecule has 0 unspecified atom stereocenters. The van der Waals surface area contributed by atoms with E-state index in [0.29, 0.717) is 0 Å². The van der Waals surface area contributed by atoms with Crippen LogP contribution in [0.5, 0.6) is 0 Å². The van der Waals surface area contributed by atoms with Crippen molar-refractivity contribution in [2.24, 2.45) is 17.8 Å². The quantitative estimate of drug-likeness (QED) is 0.0560. The van der Waals surface area contributed by atoms with Crippen molar-refractivity contribution >= 4 is 168 Å². The maximum atomic E-state index is 8.47. The van der Waals surface area contributed by atoms with Crippen molar-refractivity contribution in [1.82, 2.24) is 0 Å². The third-order valence-corrected chi connectivity index (χ3v) is 23.8. The number of hydrogen-bond acceptors (Lipinski definition) is 5. The van der Waals surface area contributed by atoms with Crippen molar-refractivity contribution < 1.29 is 206 Å². The van der Waals surface area contributed by atoms with E-state index in [1.54, 1.807) is 0 Å². The van der Waals surface area contributed by atoms with Gasteiger partial charge >= 0.3 is 142 Å².